The van der Waals surface area contributed by atoms with E-state index in [1.54, 1.807) is 0 Å². The maximum Gasteiger partial charge on any atom is 0.220 e. The molecule has 1 amide bonds. The Labute approximate surface area is 146 Å². The number of amides is 1. The molecule has 1 fully saturated rings. The van der Waals surface area contributed by atoms with E-state index in [0.29, 0.717) is 32.5 Å². The third-order valence-electron chi connectivity index (χ3n) is 4.12. The molecule has 1 saturated heterocycles. The Hall–Kier alpha value is -1.97. The number of carbonyl (C=O) groups excluding carboxylic acids is 1. The Morgan fingerprint density at radius 1 is 1.44 bits per heavy atom. The van der Waals surface area contributed by atoms with Crippen LogP contribution in [-0.4, -0.2) is 66.6 Å². The highest BCUT2D eigenvalue weighted by atomic mass is 32.2. The quantitative estimate of drug-likeness (QED) is 0.779. The van der Waals surface area contributed by atoms with Gasteiger partial charge in [-0.05, 0) is 18.6 Å². The number of rotatable bonds is 6. The zero-order chi connectivity index (χ0) is 17.9. The van der Waals surface area contributed by atoms with Crippen LogP contribution in [0.3, 0.4) is 0 Å². The second-order valence-electron chi connectivity index (χ2n) is 6.12. The molecule has 0 radical (unpaired) electrons. The number of hydrogen-bond donors (Lipinski definition) is 1. The van der Waals surface area contributed by atoms with Crippen molar-refractivity contribution < 1.29 is 17.9 Å². The van der Waals surface area contributed by atoms with Crippen LogP contribution in [-0.2, 0) is 26.0 Å². The first-order valence-corrected chi connectivity index (χ1v) is 10.0. The standard InChI is InChI=1S/C16H22N4O4S/c1-25(22,23)20-8-9-24-14(12-20)10-17-16(21)6-5-13-11-19-7-3-2-4-15(19)18-13/h2-4,7,11,14H,5-6,8-10,12H2,1H3,(H,17,21). The number of morpholine rings is 1. The van der Waals surface area contributed by atoms with Gasteiger partial charge in [0.2, 0.25) is 15.9 Å². The lowest BCUT2D eigenvalue weighted by molar-refractivity contribution is -0.122. The number of aromatic nitrogens is 2. The summed E-state index contributed by atoms with van der Waals surface area (Å²) in [7, 11) is -3.23. The molecule has 8 nitrogen and oxygen atoms in total. The highest BCUT2D eigenvalue weighted by Crippen LogP contribution is 2.09. The number of imidazole rings is 1. The summed E-state index contributed by atoms with van der Waals surface area (Å²) in [5, 5.41) is 2.81. The van der Waals surface area contributed by atoms with Gasteiger partial charge in [-0.3, -0.25) is 4.79 Å². The highest BCUT2D eigenvalue weighted by molar-refractivity contribution is 7.88. The molecule has 0 bridgehead atoms. The van der Waals surface area contributed by atoms with Gasteiger partial charge in [-0.25, -0.2) is 13.4 Å². The van der Waals surface area contributed by atoms with Crippen LogP contribution >= 0.6 is 0 Å². The fourth-order valence-electron chi connectivity index (χ4n) is 2.78. The molecule has 2 aromatic rings. The van der Waals surface area contributed by atoms with E-state index in [1.165, 1.54) is 10.6 Å². The lowest BCUT2D eigenvalue weighted by Crippen LogP contribution is -2.49. The number of aryl methyl sites for hydroxylation is 1. The number of fused-ring (bicyclic) bond motifs is 1. The number of sulfonamides is 1. The van der Waals surface area contributed by atoms with Crippen molar-refractivity contribution in [3.05, 3.63) is 36.3 Å². The van der Waals surface area contributed by atoms with Gasteiger partial charge in [-0.1, -0.05) is 6.07 Å². The normalized spacial score (nSPS) is 19.2. The summed E-state index contributed by atoms with van der Waals surface area (Å²) in [5.74, 6) is -0.0999. The van der Waals surface area contributed by atoms with Crippen LogP contribution in [0.5, 0.6) is 0 Å². The van der Waals surface area contributed by atoms with Crippen molar-refractivity contribution in [2.75, 3.05) is 32.5 Å². The summed E-state index contributed by atoms with van der Waals surface area (Å²) >= 11 is 0. The first-order valence-electron chi connectivity index (χ1n) is 8.18. The van der Waals surface area contributed by atoms with Crippen molar-refractivity contribution in [1.29, 1.82) is 0 Å². The molecule has 3 rings (SSSR count). The lowest BCUT2D eigenvalue weighted by Gasteiger charge is -2.31. The second kappa shape index (κ2) is 7.51. The largest absolute Gasteiger partial charge is 0.374 e. The molecule has 3 heterocycles. The van der Waals surface area contributed by atoms with E-state index in [1.807, 2.05) is 35.0 Å². The average molecular weight is 366 g/mol. The van der Waals surface area contributed by atoms with Gasteiger partial charge in [-0.15, -0.1) is 0 Å². The molecule has 1 unspecified atom stereocenters. The van der Waals surface area contributed by atoms with Crippen LogP contribution in [0.1, 0.15) is 12.1 Å². The van der Waals surface area contributed by atoms with Crippen molar-refractivity contribution in [2.24, 2.45) is 0 Å². The topological polar surface area (TPSA) is 93.0 Å². The molecular formula is C16H22N4O4S. The molecule has 0 aliphatic carbocycles. The van der Waals surface area contributed by atoms with Crippen molar-refractivity contribution in [1.82, 2.24) is 19.0 Å². The Balaban J connectivity index is 1.45. The summed E-state index contributed by atoms with van der Waals surface area (Å²) in [5.41, 5.74) is 1.72. The van der Waals surface area contributed by atoms with Gasteiger partial charge in [0.15, 0.2) is 0 Å². The molecule has 0 saturated carbocycles. The van der Waals surface area contributed by atoms with Crippen LogP contribution in [0.2, 0.25) is 0 Å². The Kier molecular flexibility index (Phi) is 5.36. The molecule has 9 heteroatoms. The van der Waals surface area contributed by atoms with Crippen LogP contribution in [0.4, 0.5) is 0 Å². The first kappa shape index (κ1) is 17.8. The van der Waals surface area contributed by atoms with E-state index >= 15 is 0 Å². The number of nitrogens with zero attached hydrogens (tertiary/aromatic N) is 3. The van der Waals surface area contributed by atoms with Crippen molar-refractivity contribution in [3.63, 3.8) is 0 Å². The third-order valence-corrected chi connectivity index (χ3v) is 5.39. The molecule has 136 valence electrons. The van der Waals surface area contributed by atoms with Gasteiger partial charge in [0.05, 0.1) is 24.7 Å². The second-order valence-corrected chi connectivity index (χ2v) is 8.10. The fourth-order valence-corrected chi connectivity index (χ4v) is 3.63. The van der Waals surface area contributed by atoms with E-state index in [-0.39, 0.29) is 18.6 Å². The summed E-state index contributed by atoms with van der Waals surface area (Å²) in [6.07, 6.45) is 5.57. The number of nitrogens with one attached hydrogen (secondary N) is 1. The maximum atomic E-state index is 12.0. The molecule has 1 N–H and O–H groups in total. The molecule has 1 atom stereocenters. The molecular weight excluding hydrogens is 344 g/mol. The molecule has 25 heavy (non-hydrogen) atoms. The minimum atomic E-state index is -3.23. The summed E-state index contributed by atoms with van der Waals surface area (Å²) in [4.78, 5) is 16.5. The summed E-state index contributed by atoms with van der Waals surface area (Å²) < 4.78 is 32.0. The SMILES string of the molecule is CS(=O)(=O)N1CCOC(CNC(=O)CCc2cn3ccccc3n2)C1. The van der Waals surface area contributed by atoms with E-state index < -0.39 is 10.0 Å². The zero-order valence-electron chi connectivity index (χ0n) is 14.1. The molecule has 2 aromatic heterocycles. The Morgan fingerprint density at radius 2 is 2.28 bits per heavy atom. The van der Waals surface area contributed by atoms with E-state index in [2.05, 4.69) is 10.3 Å². The summed E-state index contributed by atoms with van der Waals surface area (Å²) in [6, 6.07) is 5.76. The van der Waals surface area contributed by atoms with Crippen LogP contribution in [0, 0.1) is 0 Å². The zero-order valence-corrected chi connectivity index (χ0v) is 14.9. The third kappa shape index (κ3) is 4.77. The molecule has 1 aliphatic heterocycles. The Morgan fingerprint density at radius 3 is 3.04 bits per heavy atom. The minimum Gasteiger partial charge on any atom is -0.374 e. The number of pyridine rings is 1. The smallest absolute Gasteiger partial charge is 0.220 e. The fraction of sp³-hybridized carbons (Fsp3) is 0.500. The van der Waals surface area contributed by atoms with Gasteiger partial charge >= 0.3 is 0 Å². The van der Waals surface area contributed by atoms with Gasteiger partial charge < -0.3 is 14.5 Å². The lowest BCUT2D eigenvalue weighted by atomic mass is 10.2. The van der Waals surface area contributed by atoms with E-state index in [4.69, 9.17) is 4.74 Å². The number of hydrogen-bond acceptors (Lipinski definition) is 5. The van der Waals surface area contributed by atoms with E-state index in [9.17, 15) is 13.2 Å². The van der Waals surface area contributed by atoms with Crippen LogP contribution in [0.15, 0.2) is 30.6 Å². The number of ether oxygens (including phenoxy) is 1. The van der Waals surface area contributed by atoms with Crippen molar-refractivity contribution >= 4 is 21.6 Å². The van der Waals surface area contributed by atoms with E-state index in [0.717, 1.165) is 11.3 Å². The van der Waals surface area contributed by atoms with Gasteiger partial charge in [0.1, 0.15) is 5.65 Å². The maximum absolute atomic E-state index is 12.0. The van der Waals surface area contributed by atoms with Gasteiger partial charge in [0, 0.05) is 38.4 Å². The molecule has 0 aromatic carbocycles. The van der Waals surface area contributed by atoms with Crippen molar-refractivity contribution in [3.8, 4) is 0 Å². The summed E-state index contributed by atoms with van der Waals surface area (Å²) in [6.45, 7) is 1.27. The van der Waals surface area contributed by atoms with Crippen LogP contribution in [0.25, 0.3) is 5.65 Å². The average Bonchev–Trinajstić information content (AvgIpc) is 3.00. The predicted molar refractivity (Wildman–Crippen MR) is 92.7 cm³/mol. The highest BCUT2D eigenvalue weighted by Gasteiger charge is 2.26. The van der Waals surface area contributed by atoms with Gasteiger partial charge in [0.25, 0.3) is 0 Å². The monoisotopic (exact) mass is 366 g/mol. The predicted octanol–water partition coefficient (Wildman–Crippen LogP) is 0.0435. The number of carbonyl (C=O) groups is 1. The molecule has 0 spiro atoms. The van der Waals surface area contributed by atoms with Crippen LogP contribution < -0.4 is 5.32 Å². The van der Waals surface area contributed by atoms with Gasteiger partial charge in [-0.2, -0.15) is 4.31 Å². The van der Waals surface area contributed by atoms with Crippen molar-refractivity contribution in [2.45, 2.75) is 18.9 Å². The Bertz CT molecular complexity index is 816. The minimum absolute atomic E-state index is 0.0999. The molecule has 1 aliphatic rings. The first-order chi connectivity index (χ1) is 11.9.